The Morgan fingerprint density at radius 1 is 1.39 bits per heavy atom. The first kappa shape index (κ1) is 16.4. The minimum Gasteiger partial charge on any atom is -0.388 e. The highest BCUT2D eigenvalue weighted by Gasteiger charge is 2.31. The number of aliphatic hydroxyl groups is 1. The third kappa shape index (κ3) is 4.31. The molecule has 1 aromatic carbocycles. The Bertz CT molecular complexity index is 502. The third-order valence-corrected chi connectivity index (χ3v) is 4.80. The summed E-state index contributed by atoms with van der Waals surface area (Å²) in [6.07, 6.45) is 2.59. The number of likely N-dealkylation sites (tertiary alicyclic amines) is 1. The van der Waals surface area contributed by atoms with Crippen LogP contribution in [0, 0.1) is 0 Å². The van der Waals surface area contributed by atoms with Crippen molar-refractivity contribution in [2.45, 2.75) is 43.9 Å². The van der Waals surface area contributed by atoms with E-state index < -0.39 is 6.10 Å². The van der Waals surface area contributed by atoms with Gasteiger partial charge in [0.15, 0.2) is 0 Å². The number of ether oxygens (including phenoxy) is 1. The molecule has 0 spiro atoms. The molecule has 23 heavy (non-hydrogen) atoms. The fourth-order valence-electron chi connectivity index (χ4n) is 3.56. The summed E-state index contributed by atoms with van der Waals surface area (Å²) >= 11 is 0. The number of carbonyl (C=O) groups is 1. The molecule has 0 saturated carbocycles. The maximum absolute atomic E-state index is 12.6. The number of aliphatic hydroxyl groups excluding tert-OH is 1. The number of nitrogens with one attached hydrogen (secondary N) is 1. The van der Waals surface area contributed by atoms with Gasteiger partial charge in [0.05, 0.1) is 19.3 Å². The standard InChI is InChI=1S/C18H26N2O3/c21-17(14-5-2-1-3-6-14)12-16-7-4-9-20(16)18(22)11-15-13-23-10-8-19-15/h1-3,5-6,15-17,19,21H,4,7-13H2. The Kier molecular flexibility index (Phi) is 5.65. The average Bonchev–Trinajstić information content (AvgIpc) is 3.05. The molecule has 2 saturated heterocycles. The van der Waals surface area contributed by atoms with Crippen molar-refractivity contribution in [1.29, 1.82) is 0 Å². The molecule has 1 aromatic rings. The van der Waals surface area contributed by atoms with E-state index in [4.69, 9.17) is 4.74 Å². The topological polar surface area (TPSA) is 61.8 Å². The first-order valence-corrected chi connectivity index (χ1v) is 8.57. The van der Waals surface area contributed by atoms with Crippen LogP contribution in [0.2, 0.25) is 0 Å². The van der Waals surface area contributed by atoms with Crippen molar-refractivity contribution in [2.24, 2.45) is 0 Å². The molecule has 0 aliphatic carbocycles. The summed E-state index contributed by atoms with van der Waals surface area (Å²) in [5.41, 5.74) is 0.925. The van der Waals surface area contributed by atoms with Gasteiger partial charge in [-0.2, -0.15) is 0 Å². The number of benzene rings is 1. The van der Waals surface area contributed by atoms with Crippen molar-refractivity contribution >= 4 is 5.91 Å². The minimum absolute atomic E-state index is 0.122. The van der Waals surface area contributed by atoms with Crippen LogP contribution in [0.5, 0.6) is 0 Å². The molecular formula is C18H26N2O3. The van der Waals surface area contributed by atoms with Crippen molar-refractivity contribution in [1.82, 2.24) is 10.2 Å². The smallest absolute Gasteiger partial charge is 0.224 e. The Balaban J connectivity index is 1.55. The van der Waals surface area contributed by atoms with E-state index in [-0.39, 0.29) is 18.0 Å². The molecule has 2 fully saturated rings. The third-order valence-electron chi connectivity index (χ3n) is 4.80. The van der Waals surface area contributed by atoms with Crippen LogP contribution in [-0.2, 0) is 9.53 Å². The highest BCUT2D eigenvalue weighted by molar-refractivity contribution is 5.77. The summed E-state index contributed by atoms with van der Waals surface area (Å²) in [7, 11) is 0. The molecular weight excluding hydrogens is 292 g/mol. The molecule has 126 valence electrons. The van der Waals surface area contributed by atoms with E-state index in [2.05, 4.69) is 5.32 Å². The summed E-state index contributed by atoms with van der Waals surface area (Å²) in [6, 6.07) is 9.96. The van der Waals surface area contributed by atoms with Crippen LogP contribution < -0.4 is 5.32 Å². The van der Waals surface area contributed by atoms with E-state index in [1.165, 1.54) is 0 Å². The zero-order valence-electron chi connectivity index (χ0n) is 13.5. The van der Waals surface area contributed by atoms with E-state index in [0.29, 0.717) is 19.4 Å². The van der Waals surface area contributed by atoms with Gasteiger partial charge in [-0.25, -0.2) is 0 Å². The monoisotopic (exact) mass is 318 g/mol. The predicted octanol–water partition coefficient (Wildman–Crippen LogP) is 1.48. The van der Waals surface area contributed by atoms with Gasteiger partial charge in [0.25, 0.3) is 0 Å². The molecule has 2 aliphatic heterocycles. The van der Waals surface area contributed by atoms with E-state index >= 15 is 0 Å². The molecule has 3 atom stereocenters. The van der Waals surface area contributed by atoms with Gasteiger partial charge in [0.1, 0.15) is 0 Å². The van der Waals surface area contributed by atoms with E-state index in [1.807, 2.05) is 35.2 Å². The Morgan fingerprint density at radius 2 is 2.22 bits per heavy atom. The van der Waals surface area contributed by atoms with Gasteiger partial charge in [-0.3, -0.25) is 4.79 Å². The molecule has 2 heterocycles. The summed E-state index contributed by atoms with van der Waals surface area (Å²) < 4.78 is 5.42. The molecule has 2 aliphatic rings. The first-order valence-electron chi connectivity index (χ1n) is 8.57. The number of carbonyl (C=O) groups excluding carboxylic acids is 1. The van der Waals surface area contributed by atoms with Gasteiger partial charge >= 0.3 is 0 Å². The van der Waals surface area contributed by atoms with Gasteiger partial charge in [0.2, 0.25) is 5.91 Å². The fraction of sp³-hybridized carbons (Fsp3) is 0.611. The second-order valence-electron chi connectivity index (χ2n) is 6.48. The highest BCUT2D eigenvalue weighted by atomic mass is 16.5. The Morgan fingerprint density at radius 3 is 2.96 bits per heavy atom. The Hall–Kier alpha value is -1.43. The summed E-state index contributed by atoms with van der Waals surface area (Å²) in [5, 5.41) is 13.8. The van der Waals surface area contributed by atoms with Crippen molar-refractivity contribution in [3.63, 3.8) is 0 Å². The molecule has 5 nitrogen and oxygen atoms in total. The SMILES string of the molecule is O=C(CC1COCCN1)N1CCCC1CC(O)c1ccccc1. The number of rotatable bonds is 5. The molecule has 5 heteroatoms. The van der Waals surface area contributed by atoms with Crippen molar-refractivity contribution < 1.29 is 14.6 Å². The van der Waals surface area contributed by atoms with Crippen LogP contribution in [0.15, 0.2) is 30.3 Å². The highest BCUT2D eigenvalue weighted by Crippen LogP contribution is 2.28. The predicted molar refractivity (Wildman–Crippen MR) is 88.0 cm³/mol. The maximum Gasteiger partial charge on any atom is 0.224 e. The maximum atomic E-state index is 12.6. The summed E-state index contributed by atoms with van der Waals surface area (Å²) in [5.74, 6) is 0.177. The van der Waals surface area contributed by atoms with Crippen LogP contribution >= 0.6 is 0 Å². The number of nitrogens with zero attached hydrogens (tertiary/aromatic N) is 1. The van der Waals surface area contributed by atoms with Crippen molar-refractivity contribution in [3.05, 3.63) is 35.9 Å². The van der Waals surface area contributed by atoms with Crippen LogP contribution in [0.3, 0.4) is 0 Å². The molecule has 0 bridgehead atoms. The van der Waals surface area contributed by atoms with Gasteiger partial charge < -0.3 is 20.1 Å². The number of morpholine rings is 1. The lowest BCUT2D eigenvalue weighted by Gasteiger charge is -2.30. The zero-order chi connectivity index (χ0) is 16.1. The van der Waals surface area contributed by atoms with Crippen LogP contribution in [0.1, 0.15) is 37.4 Å². The lowest BCUT2D eigenvalue weighted by atomic mass is 10.00. The van der Waals surface area contributed by atoms with Gasteiger partial charge in [0, 0.05) is 31.6 Å². The van der Waals surface area contributed by atoms with E-state index in [0.717, 1.165) is 38.1 Å². The lowest BCUT2D eigenvalue weighted by Crippen LogP contribution is -2.46. The minimum atomic E-state index is -0.509. The number of hydrogen-bond acceptors (Lipinski definition) is 4. The van der Waals surface area contributed by atoms with Gasteiger partial charge in [-0.15, -0.1) is 0 Å². The normalized spacial score (nSPS) is 26.2. The lowest BCUT2D eigenvalue weighted by molar-refractivity contribution is -0.133. The molecule has 1 amide bonds. The number of amides is 1. The number of hydrogen-bond donors (Lipinski definition) is 2. The summed E-state index contributed by atoms with van der Waals surface area (Å²) in [4.78, 5) is 14.6. The van der Waals surface area contributed by atoms with E-state index in [1.54, 1.807) is 0 Å². The Labute approximate surface area is 137 Å². The van der Waals surface area contributed by atoms with Crippen molar-refractivity contribution in [2.75, 3.05) is 26.3 Å². The fourth-order valence-corrected chi connectivity index (χ4v) is 3.56. The van der Waals surface area contributed by atoms with Crippen molar-refractivity contribution in [3.8, 4) is 0 Å². The molecule has 3 unspecified atom stereocenters. The zero-order valence-corrected chi connectivity index (χ0v) is 13.5. The molecule has 3 rings (SSSR count). The summed E-state index contributed by atoms with van der Waals surface area (Å²) in [6.45, 7) is 2.95. The largest absolute Gasteiger partial charge is 0.388 e. The van der Waals surface area contributed by atoms with Gasteiger partial charge in [-0.05, 0) is 24.8 Å². The average molecular weight is 318 g/mol. The quantitative estimate of drug-likeness (QED) is 0.863. The molecule has 0 radical (unpaired) electrons. The second-order valence-corrected chi connectivity index (χ2v) is 6.48. The van der Waals surface area contributed by atoms with E-state index in [9.17, 15) is 9.90 Å². The molecule has 2 N–H and O–H groups in total. The van der Waals surface area contributed by atoms with Gasteiger partial charge in [-0.1, -0.05) is 30.3 Å². The first-order chi connectivity index (χ1) is 11.2. The second kappa shape index (κ2) is 7.90. The van der Waals surface area contributed by atoms with Crippen LogP contribution in [-0.4, -0.2) is 54.3 Å². The van der Waals surface area contributed by atoms with Crippen LogP contribution in [0.4, 0.5) is 0 Å². The molecule has 0 aromatic heterocycles. The van der Waals surface area contributed by atoms with Crippen LogP contribution in [0.25, 0.3) is 0 Å².